The van der Waals surface area contributed by atoms with E-state index >= 15 is 0 Å². The van der Waals surface area contributed by atoms with Gasteiger partial charge in [-0.15, -0.1) is 0 Å². The monoisotopic (exact) mass is 622 g/mol. The Hall–Kier alpha value is -3.73. The predicted octanol–water partition coefficient (Wildman–Crippen LogP) is 10.6. The Morgan fingerprint density at radius 2 is 1.26 bits per heavy atom. The second-order valence-electron chi connectivity index (χ2n) is 12.9. The third-order valence-corrected chi connectivity index (χ3v) is 9.19. The highest BCUT2D eigenvalue weighted by Crippen LogP contribution is 2.26. The molecule has 246 valence electrons. The fourth-order valence-electron chi connectivity index (χ4n) is 6.46. The van der Waals surface area contributed by atoms with E-state index in [-0.39, 0.29) is 5.43 Å². The van der Waals surface area contributed by atoms with Gasteiger partial charge in [-0.1, -0.05) is 127 Å². The standard InChI is InChI=1S/C41H54N2O3/c1-4-7-10-12-15-19-33-28-37-38(29-34(40(33)44)20-16-13-11-8-5-2)43(39(42-37)23-14-9-6-3)30-31-24-26-32(27-25-31)35-21-17-18-22-36(35)41(45)46/h17-18,21-22,24-29H,4-16,19-20,23,30H2,1-3H3,(H,45,46). The molecule has 0 unspecified atom stereocenters. The van der Waals surface area contributed by atoms with Crippen LogP contribution in [0, 0.1) is 0 Å². The summed E-state index contributed by atoms with van der Waals surface area (Å²) in [5.74, 6) is 0.151. The smallest absolute Gasteiger partial charge is 0.336 e. The van der Waals surface area contributed by atoms with Crippen LogP contribution in [0.4, 0.5) is 0 Å². The van der Waals surface area contributed by atoms with E-state index in [0.717, 1.165) is 109 Å². The molecular formula is C41H54N2O3. The number of aromatic nitrogens is 2. The Labute approximate surface area is 276 Å². The van der Waals surface area contributed by atoms with E-state index in [1.54, 1.807) is 12.1 Å². The maximum absolute atomic E-state index is 13.9. The molecule has 0 bridgehead atoms. The van der Waals surface area contributed by atoms with Gasteiger partial charge in [0.05, 0.1) is 16.6 Å². The summed E-state index contributed by atoms with van der Waals surface area (Å²) >= 11 is 0. The highest BCUT2D eigenvalue weighted by molar-refractivity contribution is 5.96. The SMILES string of the molecule is CCCCCCCc1cc2nc(CCCCC)n(Cc3ccc(-c4ccccc4C(=O)O)cc3)c2cc(CCCCCCC)c1=O. The summed E-state index contributed by atoms with van der Waals surface area (Å²) in [5, 5.41) is 9.70. The molecule has 0 radical (unpaired) electrons. The van der Waals surface area contributed by atoms with E-state index in [0.29, 0.717) is 12.1 Å². The van der Waals surface area contributed by atoms with E-state index in [1.807, 2.05) is 24.3 Å². The van der Waals surface area contributed by atoms with Crippen LogP contribution < -0.4 is 5.43 Å². The summed E-state index contributed by atoms with van der Waals surface area (Å²) in [7, 11) is 0. The van der Waals surface area contributed by atoms with Gasteiger partial charge in [0.1, 0.15) is 5.82 Å². The summed E-state index contributed by atoms with van der Waals surface area (Å²) in [6.07, 6.45) is 17.7. The Morgan fingerprint density at radius 3 is 1.89 bits per heavy atom. The van der Waals surface area contributed by atoms with Gasteiger partial charge in [-0.25, -0.2) is 9.78 Å². The number of benzene rings is 2. The zero-order chi connectivity index (χ0) is 32.7. The van der Waals surface area contributed by atoms with Gasteiger partial charge < -0.3 is 9.67 Å². The normalized spacial score (nSPS) is 11.4. The first-order valence-electron chi connectivity index (χ1n) is 17.9. The molecule has 0 fully saturated rings. The number of unbranched alkanes of at least 4 members (excludes halogenated alkanes) is 10. The number of nitrogens with zero attached hydrogens (tertiary/aromatic N) is 2. The van der Waals surface area contributed by atoms with Gasteiger partial charge in [0.15, 0.2) is 5.43 Å². The fourth-order valence-corrected chi connectivity index (χ4v) is 6.46. The number of aryl methyl sites for hydroxylation is 3. The number of carboxylic acid groups (broad SMARTS) is 1. The Balaban J connectivity index is 1.73. The molecule has 0 aliphatic rings. The number of carbonyl (C=O) groups is 1. The minimum absolute atomic E-state index is 0.213. The number of imidazole rings is 1. The van der Waals surface area contributed by atoms with Crippen molar-refractivity contribution in [1.82, 2.24) is 9.55 Å². The molecule has 3 aromatic carbocycles. The minimum Gasteiger partial charge on any atom is -0.478 e. The first kappa shape index (κ1) is 35.1. The predicted molar refractivity (Wildman–Crippen MR) is 192 cm³/mol. The van der Waals surface area contributed by atoms with E-state index < -0.39 is 5.97 Å². The van der Waals surface area contributed by atoms with Crippen molar-refractivity contribution in [2.75, 3.05) is 0 Å². The van der Waals surface area contributed by atoms with E-state index in [2.05, 4.69) is 49.6 Å². The molecule has 0 aliphatic carbocycles. The van der Waals surface area contributed by atoms with Crippen LogP contribution in [-0.4, -0.2) is 20.6 Å². The number of hydrogen-bond acceptors (Lipinski definition) is 3. The van der Waals surface area contributed by atoms with E-state index in [4.69, 9.17) is 4.98 Å². The van der Waals surface area contributed by atoms with Crippen LogP contribution in [0.2, 0.25) is 0 Å². The quantitative estimate of drug-likeness (QED) is 0.0996. The summed E-state index contributed by atoms with van der Waals surface area (Å²) in [5.41, 5.74) is 7.06. The number of fused-ring (bicyclic) bond motifs is 1. The molecule has 4 aromatic rings. The highest BCUT2D eigenvalue weighted by Gasteiger charge is 2.16. The van der Waals surface area contributed by atoms with Crippen LogP contribution in [0.5, 0.6) is 0 Å². The lowest BCUT2D eigenvalue weighted by Gasteiger charge is -2.11. The topological polar surface area (TPSA) is 72.2 Å². The lowest BCUT2D eigenvalue weighted by Crippen LogP contribution is -2.12. The molecule has 4 rings (SSSR count). The van der Waals surface area contributed by atoms with Crippen LogP contribution in [0.1, 0.15) is 137 Å². The summed E-state index contributed by atoms with van der Waals surface area (Å²) < 4.78 is 2.33. The molecule has 0 saturated carbocycles. The molecule has 0 spiro atoms. The molecule has 0 saturated heterocycles. The Morgan fingerprint density at radius 1 is 0.696 bits per heavy atom. The highest BCUT2D eigenvalue weighted by atomic mass is 16.4. The largest absolute Gasteiger partial charge is 0.478 e. The van der Waals surface area contributed by atoms with Crippen molar-refractivity contribution in [2.45, 2.75) is 130 Å². The van der Waals surface area contributed by atoms with Crippen LogP contribution in [-0.2, 0) is 25.8 Å². The molecule has 1 N–H and O–H groups in total. The maximum atomic E-state index is 13.9. The molecule has 5 nitrogen and oxygen atoms in total. The van der Waals surface area contributed by atoms with Crippen LogP contribution in [0.15, 0.2) is 65.5 Å². The number of carboxylic acids is 1. The van der Waals surface area contributed by atoms with Gasteiger partial charge in [-0.3, -0.25) is 4.79 Å². The van der Waals surface area contributed by atoms with Crippen LogP contribution in [0.3, 0.4) is 0 Å². The average molecular weight is 623 g/mol. The Kier molecular flexibility index (Phi) is 14.1. The zero-order valence-corrected chi connectivity index (χ0v) is 28.5. The first-order valence-corrected chi connectivity index (χ1v) is 17.9. The lowest BCUT2D eigenvalue weighted by atomic mass is 9.99. The summed E-state index contributed by atoms with van der Waals surface area (Å²) in [6, 6.07) is 19.6. The van der Waals surface area contributed by atoms with Crippen LogP contribution >= 0.6 is 0 Å². The number of hydrogen-bond donors (Lipinski definition) is 1. The van der Waals surface area contributed by atoms with Crippen LogP contribution in [0.25, 0.3) is 22.2 Å². The van der Waals surface area contributed by atoms with Crippen molar-refractivity contribution in [3.63, 3.8) is 0 Å². The first-order chi connectivity index (χ1) is 22.5. The maximum Gasteiger partial charge on any atom is 0.336 e. The minimum atomic E-state index is -0.923. The van der Waals surface area contributed by atoms with Crippen molar-refractivity contribution in [2.24, 2.45) is 0 Å². The third kappa shape index (κ3) is 9.64. The lowest BCUT2D eigenvalue weighted by molar-refractivity contribution is 0.0697. The Bertz CT molecular complexity index is 1600. The molecule has 5 heteroatoms. The van der Waals surface area contributed by atoms with Gasteiger partial charge in [0.25, 0.3) is 0 Å². The fraction of sp³-hybridized carbons (Fsp3) is 0.488. The van der Waals surface area contributed by atoms with Crippen molar-refractivity contribution in [1.29, 1.82) is 0 Å². The molecule has 1 heterocycles. The van der Waals surface area contributed by atoms with Crippen molar-refractivity contribution >= 4 is 17.0 Å². The van der Waals surface area contributed by atoms with Gasteiger partial charge in [-0.05, 0) is 67.0 Å². The number of rotatable bonds is 20. The third-order valence-electron chi connectivity index (χ3n) is 9.19. The molecule has 1 aromatic heterocycles. The van der Waals surface area contributed by atoms with Crippen molar-refractivity contribution in [3.05, 3.63) is 99.0 Å². The van der Waals surface area contributed by atoms with Gasteiger partial charge in [0.2, 0.25) is 0 Å². The van der Waals surface area contributed by atoms with Crippen molar-refractivity contribution in [3.8, 4) is 11.1 Å². The molecule has 0 aliphatic heterocycles. The molecule has 0 amide bonds. The molecule has 0 atom stereocenters. The van der Waals surface area contributed by atoms with Crippen molar-refractivity contribution < 1.29 is 9.90 Å². The second-order valence-corrected chi connectivity index (χ2v) is 12.9. The van der Waals surface area contributed by atoms with Gasteiger partial charge in [-0.2, -0.15) is 0 Å². The summed E-state index contributed by atoms with van der Waals surface area (Å²) in [6.45, 7) is 7.34. The van der Waals surface area contributed by atoms with Gasteiger partial charge >= 0.3 is 5.97 Å². The van der Waals surface area contributed by atoms with E-state index in [1.165, 1.54) is 38.5 Å². The molecular weight excluding hydrogens is 568 g/mol. The number of aromatic carboxylic acids is 1. The zero-order valence-electron chi connectivity index (χ0n) is 28.5. The molecule has 46 heavy (non-hydrogen) atoms. The van der Waals surface area contributed by atoms with Gasteiger partial charge in [0, 0.05) is 24.1 Å². The average Bonchev–Trinajstić information content (AvgIpc) is 3.31. The second kappa shape index (κ2) is 18.4. The van der Waals surface area contributed by atoms with E-state index in [9.17, 15) is 14.7 Å². The summed E-state index contributed by atoms with van der Waals surface area (Å²) in [4.78, 5) is 31.0.